The summed E-state index contributed by atoms with van der Waals surface area (Å²) in [5, 5.41) is 3.37. The van der Waals surface area contributed by atoms with Gasteiger partial charge in [-0.3, -0.25) is 4.90 Å². The van der Waals surface area contributed by atoms with Crippen molar-refractivity contribution in [2.24, 2.45) is 0 Å². The standard InChI is InChI=1S/C11H24N2OS/c1-4-10(9-15-3)13(2)8-11-7-12-5-6-14-11/h10-12H,4-9H2,1-3H3. The average molecular weight is 232 g/mol. The zero-order valence-electron chi connectivity index (χ0n) is 10.2. The Morgan fingerprint density at radius 1 is 1.60 bits per heavy atom. The van der Waals surface area contributed by atoms with Crippen LogP contribution in [-0.2, 0) is 4.74 Å². The molecular formula is C11H24N2OS. The van der Waals surface area contributed by atoms with Crippen molar-refractivity contribution >= 4 is 11.8 Å². The molecule has 0 aliphatic carbocycles. The van der Waals surface area contributed by atoms with Crippen LogP contribution in [0, 0.1) is 0 Å². The van der Waals surface area contributed by atoms with Gasteiger partial charge >= 0.3 is 0 Å². The number of nitrogens with zero attached hydrogens (tertiary/aromatic N) is 1. The maximum absolute atomic E-state index is 5.71. The molecule has 1 rings (SSSR count). The van der Waals surface area contributed by atoms with E-state index in [1.54, 1.807) is 0 Å². The monoisotopic (exact) mass is 232 g/mol. The van der Waals surface area contributed by atoms with Gasteiger partial charge in [0.15, 0.2) is 0 Å². The molecule has 0 spiro atoms. The van der Waals surface area contributed by atoms with Crippen molar-refractivity contribution in [2.75, 3.05) is 45.3 Å². The first kappa shape index (κ1) is 13.3. The molecule has 0 aromatic heterocycles. The fraction of sp³-hybridized carbons (Fsp3) is 1.00. The maximum Gasteiger partial charge on any atom is 0.0826 e. The lowest BCUT2D eigenvalue weighted by atomic mass is 10.2. The molecule has 2 atom stereocenters. The molecule has 2 unspecified atom stereocenters. The summed E-state index contributed by atoms with van der Waals surface area (Å²) < 4.78 is 5.71. The number of hydrogen-bond donors (Lipinski definition) is 1. The molecule has 0 radical (unpaired) electrons. The average Bonchev–Trinajstić information content (AvgIpc) is 2.27. The molecule has 1 aliphatic rings. The molecule has 0 saturated carbocycles. The van der Waals surface area contributed by atoms with Gasteiger partial charge in [0.1, 0.15) is 0 Å². The quantitative estimate of drug-likeness (QED) is 0.740. The zero-order valence-corrected chi connectivity index (χ0v) is 11.0. The highest BCUT2D eigenvalue weighted by atomic mass is 32.2. The van der Waals surface area contributed by atoms with Gasteiger partial charge in [-0.25, -0.2) is 0 Å². The summed E-state index contributed by atoms with van der Waals surface area (Å²) >= 11 is 1.93. The number of thioether (sulfide) groups is 1. The number of morpholine rings is 1. The topological polar surface area (TPSA) is 24.5 Å². The van der Waals surface area contributed by atoms with Gasteiger partial charge in [-0.05, 0) is 19.7 Å². The van der Waals surface area contributed by atoms with Crippen LogP contribution in [0.5, 0.6) is 0 Å². The van der Waals surface area contributed by atoms with Gasteiger partial charge in [0.2, 0.25) is 0 Å². The van der Waals surface area contributed by atoms with E-state index in [1.807, 2.05) is 11.8 Å². The Balaban J connectivity index is 2.27. The number of likely N-dealkylation sites (N-methyl/N-ethyl adjacent to an activating group) is 1. The predicted molar refractivity (Wildman–Crippen MR) is 67.7 cm³/mol. The molecule has 0 amide bonds. The minimum absolute atomic E-state index is 0.375. The van der Waals surface area contributed by atoms with Crippen molar-refractivity contribution in [3.8, 4) is 0 Å². The van der Waals surface area contributed by atoms with Crippen LogP contribution in [0.3, 0.4) is 0 Å². The van der Waals surface area contributed by atoms with E-state index in [1.165, 1.54) is 12.2 Å². The summed E-state index contributed by atoms with van der Waals surface area (Å²) in [5.41, 5.74) is 0. The third kappa shape index (κ3) is 4.72. The lowest BCUT2D eigenvalue weighted by Crippen LogP contribution is -2.47. The number of nitrogens with one attached hydrogen (secondary N) is 1. The van der Waals surface area contributed by atoms with Crippen LogP contribution in [-0.4, -0.2) is 62.3 Å². The molecule has 1 aliphatic heterocycles. The van der Waals surface area contributed by atoms with Crippen LogP contribution < -0.4 is 5.32 Å². The van der Waals surface area contributed by atoms with Gasteiger partial charge in [0.05, 0.1) is 12.7 Å². The van der Waals surface area contributed by atoms with E-state index in [2.05, 4.69) is 30.4 Å². The van der Waals surface area contributed by atoms with Crippen LogP contribution in [0.25, 0.3) is 0 Å². The van der Waals surface area contributed by atoms with Crippen LogP contribution in [0.4, 0.5) is 0 Å². The Kier molecular flexibility index (Phi) is 6.64. The Hall–Kier alpha value is 0.230. The molecule has 15 heavy (non-hydrogen) atoms. The fourth-order valence-corrected chi connectivity index (χ4v) is 2.83. The predicted octanol–water partition coefficient (Wildman–Crippen LogP) is 1.05. The Labute approximate surface area is 97.9 Å². The molecule has 0 aromatic rings. The first-order chi connectivity index (χ1) is 7.27. The molecule has 4 heteroatoms. The Bertz CT molecular complexity index is 163. The molecule has 0 bridgehead atoms. The minimum atomic E-state index is 0.375. The van der Waals surface area contributed by atoms with Gasteiger partial charge in [0, 0.05) is 31.4 Å². The SMILES string of the molecule is CCC(CSC)N(C)CC1CNCCO1. The van der Waals surface area contributed by atoms with E-state index in [4.69, 9.17) is 4.74 Å². The number of ether oxygens (including phenoxy) is 1. The van der Waals surface area contributed by atoms with Crippen molar-refractivity contribution in [1.29, 1.82) is 0 Å². The summed E-state index contributed by atoms with van der Waals surface area (Å²) in [6, 6.07) is 0.686. The van der Waals surface area contributed by atoms with Crippen molar-refractivity contribution in [1.82, 2.24) is 10.2 Å². The van der Waals surface area contributed by atoms with E-state index in [0.29, 0.717) is 12.1 Å². The van der Waals surface area contributed by atoms with Gasteiger partial charge in [-0.15, -0.1) is 0 Å². The van der Waals surface area contributed by atoms with Crippen molar-refractivity contribution in [3.63, 3.8) is 0 Å². The Morgan fingerprint density at radius 3 is 2.93 bits per heavy atom. The number of rotatable bonds is 6. The second-order valence-corrected chi connectivity index (χ2v) is 5.06. The smallest absolute Gasteiger partial charge is 0.0826 e. The molecule has 3 nitrogen and oxygen atoms in total. The van der Waals surface area contributed by atoms with Crippen molar-refractivity contribution < 1.29 is 4.74 Å². The second kappa shape index (κ2) is 7.49. The van der Waals surface area contributed by atoms with Crippen LogP contribution in [0.15, 0.2) is 0 Å². The number of hydrogen-bond acceptors (Lipinski definition) is 4. The molecule has 1 heterocycles. The molecule has 1 N–H and O–H groups in total. The Morgan fingerprint density at radius 2 is 2.40 bits per heavy atom. The van der Waals surface area contributed by atoms with E-state index >= 15 is 0 Å². The minimum Gasteiger partial charge on any atom is -0.374 e. The molecule has 1 fully saturated rings. The highest BCUT2D eigenvalue weighted by Crippen LogP contribution is 2.10. The highest BCUT2D eigenvalue weighted by molar-refractivity contribution is 7.98. The molecule has 90 valence electrons. The maximum atomic E-state index is 5.71. The first-order valence-corrected chi connectivity index (χ1v) is 7.18. The summed E-state index contributed by atoms with van der Waals surface area (Å²) in [5.74, 6) is 1.22. The normalized spacial score (nSPS) is 24.4. The van der Waals surface area contributed by atoms with Gasteiger partial charge in [-0.1, -0.05) is 6.92 Å². The van der Waals surface area contributed by atoms with E-state index in [0.717, 1.165) is 26.2 Å². The molecule has 0 aromatic carbocycles. The largest absolute Gasteiger partial charge is 0.374 e. The van der Waals surface area contributed by atoms with Crippen LogP contribution in [0.2, 0.25) is 0 Å². The first-order valence-electron chi connectivity index (χ1n) is 5.79. The van der Waals surface area contributed by atoms with Crippen LogP contribution >= 0.6 is 11.8 Å². The van der Waals surface area contributed by atoms with Gasteiger partial charge < -0.3 is 10.1 Å². The van der Waals surface area contributed by atoms with E-state index in [9.17, 15) is 0 Å². The van der Waals surface area contributed by atoms with E-state index < -0.39 is 0 Å². The van der Waals surface area contributed by atoms with Gasteiger partial charge in [-0.2, -0.15) is 11.8 Å². The lowest BCUT2D eigenvalue weighted by molar-refractivity contribution is 0.00423. The van der Waals surface area contributed by atoms with E-state index in [-0.39, 0.29) is 0 Å². The fourth-order valence-electron chi connectivity index (χ4n) is 1.96. The summed E-state index contributed by atoms with van der Waals surface area (Å²) in [6.07, 6.45) is 3.77. The van der Waals surface area contributed by atoms with Crippen molar-refractivity contribution in [3.05, 3.63) is 0 Å². The summed E-state index contributed by atoms with van der Waals surface area (Å²) in [7, 11) is 2.21. The third-order valence-corrected chi connectivity index (χ3v) is 3.67. The summed E-state index contributed by atoms with van der Waals surface area (Å²) in [6.45, 7) is 6.17. The zero-order chi connectivity index (χ0) is 11.1. The second-order valence-electron chi connectivity index (χ2n) is 4.15. The summed E-state index contributed by atoms with van der Waals surface area (Å²) in [4.78, 5) is 2.44. The lowest BCUT2D eigenvalue weighted by Gasteiger charge is -2.32. The molecular weight excluding hydrogens is 208 g/mol. The van der Waals surface area contributed by atoms with Crippen molar-refractivity contribution in [2.45, 2.75) is 25.5 Å². The third-order valence-electron chi connectivity index (χ3n) is 2.95. The highest BCUT2D eigenvalue weighted by Gasteiger charge is 2.19. The molecule has 1 saturated heterocycles. The van der Waals surface area contributed by atoms with Gasteiger partial charge in [0.25, 0.3) is 0 Å². The van der Waals surface area contributed by atoms with Crippen LogP contribution in [0.1, 0.15) is 13.3 Å².